The summed E-state index contributed by atoms with van der Waals surface area (Å²) >= 11 is 0. The van der Waals surface area contributed by atoms with Crippen molar-refractivity contribution in [3.8, 4) is 17.1 Å². The third kappa shape index (κ3) is 3.08. The average Bonchev–Trinajstić information content (AvgIpc) is 3.16. The second kappa shape index (κ2) is 7.52. The number of esters is 1. The fourth-order valence-corrected chi connectivity index (χ4v) is 4.84. The molecule has 0 radical (unpaired) electrons. The zero-order chi connectivity index (χ0) is 23.5. The molecule has 0 amide bonds. The Labute approximate surface area is 189 Å². The second-order valence-electron chi connectivity index (χ2n) is 8.61. The molecule has 1 atom stereocenters. The van der Waals surface area contributed by atoms with Crippen molar-refractivity contribution in [3.05, 3.63) is 56.9 Å². The van der Waals surface area contributed by atoms with Crippen molar-refractivity contribution in [2.75, 3.05) is 7.11 Å². The van der Waals surface area contributed by atoms with E-state index in [1.54, 1.807) is 31.6 Å². The summed E-state index contributed by atoms with van der Waals surface area (Å²) in [5.74, 6) is 0.0407. The van der Waals surface area contributed by atoms with Crippen LogP contribution in [0.15, 0.2) is 29.1 Å². The maximum absolute atomic E-state index is 13.3. The van der Waals surface area contributed by atoms with Gasteiger partial charge < -0.3 is 23.9 Å². The van der Waals surface area contributed by atoms with Gasteiger partial charge in [-0.1, -0.05) is 6.92 Å². The highest BCUT2D eigenvalue weighted by atomic mass is 16.6. The first kappa shape index (κ1) is 21.3. The molecule has 33 heavy (non-hydrogen) atoms. The molecule has 2 aliphatic heterocycles. The van der Waals surface area contributed by atoms with Gasteiger partial charge in [-0.2, -0.15) is 0 Å². The molecule has 2 aromatic heterocycles. The molecular formula is C25H24N2O6. The Balaban J connectivity index is 1.71. The Hall–Kier alpha value is -3.52. The molecule has 8 heteroatoms. The van der Waals surface area contributed by atoms with Gasteiger partial charge in [-0.3, -0.25) is 4.79 Å². The number of aromatic nitrogens is 2. The van der Waals surface area contributed by atoms with E-state index in [4.69, 9.17) is 14.5 Å². The second-order valence-corrected chi connectivity index (χ2v) is 8.61. The van der Waals surface area contributed by atoms with Crippen LogP contribution in [0.3, 0.4) is 0 Å². The topological polar surface area (TPSA) is 108 Å². The van der Waals surface area contributed by atoms with Crippen molar-refractivity contribution in [3.63, 3.8) is 0 Å². The Kier molecular flexibility index (Phi) is 4.86. The van der Waals surface area contributed by atoms with Crippen molar-refractivity contribution < 1.29 is 24.2 Å². The number of hydrogen-bond acceptors (Lipinski definition) is 7. The molecule has 170 valence electrons. The summed E-state index contributed by atoms with van der Waals surface area (Å²) in [5.41, 5.74) is 2.13. The van der Waals surface area contributed by atoms with E-state index in [1.165, 1.54) is 0 Å². The third-order valence-corrected chi connectivity index (χ3v) is 6.71. The molecule has 0 spiro atoms. The van der Waals surface area contributed by atoms with E-state index in [-0.39, 0.29) is 24.4 Å². The van der Waals surface area contributed by atoms with Crippen LogP contribution >= 0.6 is 0 Å². The number of fused-ring (bicyclic) bond motifs is 5. The number of aryl methyl sites for hydroxylation is 1. The molecule has 0 unspecified atom stereocenters. The van der Waals surface area contributed by atoms with E-state index < -0.39 is 11.6 Å². The maximum Gasteiger partial charge on any atom is 0.343 e. The van der Waals surface area contributed by atoms with Gasteiger partial charge in [0, 0.05) is 28.5 Å². The number of cyclic esters (lactones) is 1. The van der Waals surface area contributed by atoms with Crippen molar-refractivity contribution in [2.24, 2.45) is 0 Å². The number of pyridine rings is 2. The Morgan fingerprint density at radius 2 is 2.09 bits per heavy atom. The highest BCUT2D eigenvalue weighted by Crippen LogP contribution is 2.39. The smallest absolute Gasteiger partial charge is 0.343 e. The first-order chi connectivity index (χ1) is 15.8. The van der Waals surface area contributed by atoms with E-state index in [2.05, 4.69) is 0 Å². The molecule has 4 heterocycles. The summed E-state index contributed by atoms with van der Waals surface area (Å²) in [6, 6.07) is 7.38. The van der Waals surface area contributed by atoms with E-state index in [1.807, 2.05) is 18.2 Å². The van der Waals surface area contributed by atoms with Crippen LogP contribution in [0.1, 0.15) is 48.9 Å². The Bertz CT molecular complexity index is 1410. The lowest BCUT2D eigenvalue weighted by Crippen LogP contribution is -2.44. The van der Waals surface area contributed by atoms with Gasteiger partial charge in [-0.25, -0.2) is 9.78 Å². The van der Waals surface area contributed by atoms with E-state index in [0.717, 1.165) is 22.0 Å². The first-order valence-corrected chi connectivity index (χ1v) is 10.9. The number of methoxy groups -OCH3 is 1. The number of carbonyl (C=O) groups is 2. The minimum atomic E-state index is -1.85. The van der Waals surface area contributed by atoms with Crippen LogP contribution in [-0.2, 0) is 39.5 Å². The van der Waals surface area contributed by atoms with Gasteiger partial charge in [0.05, 0.1) is 36.1 Å². The molecule has 2 aliphatic rings. The van der Waals surface area contributed by atoms with E-state index in [0.29, 0.717) is 47.7 Å². The summed E-state index contributed by atoms with van der Waals surface area (Å²) in [5, 5.41) is 11.9. The Morgan fingerprint density at radius 3 is 2.79 bits per heavy atom. The normalized spacial score (nSPS) is 18.5. The molecule has 0 saturated heterocycles. The lowest BCUT2D eigenvalue weighted by Gasteiger charge is -2.31. The number of Topliss-reactive ketones (excluding diaryl/α,β-unsaturated/α-hetero) is 1. The van der Waals surface area contributed by atoms with Gasteiger partial charge in [-0.05, 0) is 44.0 Å². The minimum absolute atomic E-state index is 0.0906. The highest BCUT2D eigenvalue weighted by molar-refractivity contribution is 5.90. The molecule has 5 rings (SSSR count). The van der Waals surface area contributed by atoms with Gasteiger partial charge in [0.25, 0.3) is 5.56 Å². The molecule has 0 aliphatic carbocycles. The largest absolute Gasteiger partial charge is 0.496 e. The third-order valence-electron chi connectivity index (χ3n) is 6.71. The van der Waals surface area contributed by atoms with Crippen molar-refractivity contribution in [2.45, 2.75) is 51.9 Å². The zero-order valence-corrected chi connectivity index (χ0v) is 18.7. The van der Waals surface area contributed by atoms with Crippen LogP contribution in [0.25, 0.3) is 22.3 Å². The number of carbonyl (C=O) groups excluding carboxylic acids is 2. The van der Waals surface area contributed by atoms with E-state index >= 15 is 0 Å². The summed E-state index contributed by atoms with van der Waals surface area (Å²) in [6.45, 7) is 3.40. The van der Waals surface area contributed by atoms with Crippen LogP contribution in [0.2, 0.25) is 0 Å². The summed E-state index contributed by atoms with van der Waals surface area (Å²) in [6.07, 6.45) is 1.02. The zero-order valence-electron chi connectivity index (χ0n) is 18.7. The molecule has 8 nitrogen and oxygen atoms in total. The predicted octanol–water partition coefficient (Wildman–Crippen LogP) is 2.61. The molecule has 0 fully saturated rings. The summed E-state index contributed by atoms with van der Waals surface area (Å²) < 4.78 is 12.3. The lowest BCUT2D eigenvalue weighted by molar-refractivity contribution is -0.172. The van der Waals surface area contributed by atoms with Gasteiger partial charge in [0.2, 0.25) is 0 Å². The highest BCUT2D eigenvalue weighted by Gasteiger charge is 2.45. The summed E-state index contributed by atoms with van der Waals surface area (Å²) in [4.78, 5) is 42.1. The van der Waals surface area contributed by atoms with Gasteiger partial charge in [-0.15, -0.1) is 0 Å². The molecule has 1 aromatic carbocycles. The monoisotopic (exact) mass is 448 g/mol. The van der Waals surface area contributed by atoms with E-state index in [9.17, 15) is 19.5 Å². The fraction of sp³-hybridized carbons (Fsp3) is 0.360. The lowest BCUT2D eigenvalue weighted by atomic mass is 9.86. The quantitative estimate of drug-likeness (QED) is 0.468. The molecule has 1 N–H and O–H groups in total. The number of benzene rings is 1. The van der Waals surface area contributed by atoms with Crippen LogP contribution in [0.4, 0.5) is 0 Å². The SMILES string of the molecule is CC[C@@]1(O)C(=O)OCc2c1cc1n(c2=O)Cc2cc3c(CCC(C)=O)c(OC)ccc3nc2-1. The number of ether oxygens (including phenoxy) is 2. The van der Waals surface area contributed by atoms with Crippen LogP contribution in [0.5, 0.6) is 5.75 Å². The standard InChI is InChI=1S/C25H24N2O6/c1-4-25(31)18-10-20-22-14(11-27(20)23(29)17(18)12-33-24(25)30)9-16-15(6-5-13(2)28)21(32-3)8-7-19(16)26-22/h7-10,31H,4-6,11-12H2,1-3H3/t25-/m0/s1. The maximum atomic E-state index is 13.3. The molecule has 3 aromatic rings. The molecular weight excluding hydrogens is 424 g/mol. The number of hydrogen-bond donors (Lipinski definition) is 1. The van der Waals surface area contributed by atoms with Gasteiger partial charge in [0.15, 0.2) is 5.60 Å². The number of nitrogens with zero attached hydrogens (tertiary/aromatic N) is 2. The first-order valence-electron chi connectivity index (χ1n) is 10.9. The summed E-state index contributed by atoms with van der Waals surface area (Å²) in [7, 11) is 1.59. The van der Waals surface area contributed by atoms with Crippen LogP contribution in [-0.4, -0.2) is 33.5 Å². The molecule has 0 saturated carbocycles. The van der Waals surface area contributed by atoms with Crippen LogP contribution in [0, 0.1) is 0 Å². The molecule has 0 bridgehead atoms. The predicted molar refractivity (Wildman–Crippen MR) is 120 cm³/mol. The Morgan fingerprint density at radius 1 is 1.30 bits per heavy atom. The number of rotatable bonds is 5. The number of aliphatic hydroxyl groups is 1. The van der Waals surface area contributed by atoms with Crippen molar-refractivity contribution in [1.29, 1.82) is 0 Å². The average molecular weight is 448 g/mol. The minimum Gasteiger partial charge on any atom is -0.496 e. The van der Waals surface area contributed by atoms with Crippen molar-refractivity contribution in [1.82, 2.24) is 9.55 Å². The number of ketones is 1. The van der Waals surface area contributed by atoms with Crippen LogP contribution < -0.4 is 10.3 Å². The van der Waals surface area contributed by atoms with Gasteiger partial charge >= 0.3 is 5.97 Å². The van der Waals surface area contributed by atoms with Gasteiger partial charge in [0.1, 0.15) is 18.1 Å². The van der Waals surface area contributed by atoms with Crippen molar-refractivity contribution >= 4 is 22.7 Å². The fourth-order valence-electron chi connectivity index (χ4n) is 4.84.